The number of carbonyl (C=O) groups is 1. The van der Waals surface area contributed by atoms with Crippen molar-refractivity contribution in [3.63, 3.8) is 0 Å². The van der Waals surface area contributed by atoms with Crippen LogP contribution in [0.1, 0.15) is 49.4 Å². The molecule has 1 fully saturated rings. The molecule has 0 heterocycles. The summed E-state index contributed by atoms with van der Waals surface area (Å²) in [6.45, 7) is 3.04. The average molecular weight is 263 g/mol. The maximum atomic E-state index is 12.0. The second-order valence-corrected chi connectivity index (χ2v) is 5.81. The molecule has 2 rings (SSSR count). The minimum atomic E-state index is 0.0306. The van der Waals surface area contributed by atoms with E-state index in [2.05, 4.69) is 24.9 Å². The van der Waals surface area contributed by atoms with E-state index in [-0.39, 0.29) is 5.91 Å². The molecule has 1 saturated carbocycles. The molecule has 0 aliphatic heterocycles. The zero-order chi connectivity index (χ0) is 13.0. The van der Waals surface area contributed by atoms with Gasteiger partial charge in [0.2, 0.25) is 0 Å². The van der Waals surface area contributed by atoms with E-state index in [4.69, 9.17) is 0 Å². The van der Waals surface area contributed by atoms with Gasteiger partial charge in [0, 0.05) is 17.0 Å². The molecule has 18 heavy (non-hydrogen) atoms. The molecule has 2 nitrogen and oxygen atoms in total. The molecule has 0 spiro atoms. The number of carbonyl (C=O) groups excluding carboxylic acids is 1. The van der Waals surface area contributed by atoms with E-state index in [1.807, 2.05) is 24.3 Å². The number of rotatable bonds is 4. The van der Waals surface area contributed by atoms with E-state index in [1.165, 1.54) is 25.7 Å². The summed E-state index contributed by atoms with van der Waals surface area (Å²) in [5, 5.41) is 3.09. The molecular formula is C15H21NOS. The van der Waals surface area contributed by atoms with Crippen LogP contribution in [-0.2, 0) is 0 Å². The lowest BCUT2D eigenvalue weighted by molar-refractivity contribution is 0.0928. The van der Waals surface area contributed by atoms with Crippen molar-refractivity contribution in [2.45, 2.75) is 43.9 Å². The Labute approximate surface area is 115 Å². The molecule has 0 saturated heterocycles. The highest BCUT2D eigenvalue weighted by atomic mass is 32.1. The van der Waals surface area contributed by atoms with E-state index in [1.54, 1.807) is 0 Å². The van der Waals surface area contributed by atoms with Crippen LogP contribution in [0.5, 0.6) is 0 Å². The number of hydrogen-bond acceptors (Lipinski definition) is 2. The fourth-order valence-electron chi connectivity index (χ4n) is 2.76. The van der Waals surface area contributed by atoms with E-state index < -0.39 is 0 Å². The molecule has 1 aromatic rings. The van der Waals surface area contributed by atoms with Crippen molar-refractivity contribution in [2.24, 2.45) is 5.41 Å². The van der Waals surface area contributed by atoms with Gasteiger partial charge in [0.15, 0.2) is 0 Å². The highest BCUT2D eigenvalue weighted by Gasteiger charge is 2.32. The zero-order valence-electron chi connectivity index (χ0n) is 10.9. The van der Waals surface area contributed by atoms with Gasteiger partial charge in [-0.25, -0.2) is 0 Å². The highest BCUT2D eigenvalue weighted by molar-refractivity contribution is 7.80. The summed E-state index contributed by atoms with van der Waals surface area (Å²) in [7, 11) is 0. The van der Waals surface area contributed by atoms with Gasteiger partial charge in [-0.2, -0.15) is 0 Å². The fraction of sp³-hybridized carbons (Fsp3) is 0.533. The maximum Gasteiger partial charge on any atom is 0.251 e. The summed E-state index contributed by atoms with van der Waals surface area (Å²) in [6, 6.07) is 7.35. The van der Waals surface area contributed by atoms with Crippen LogP contribution in [0.25, 0.3) is 0 Å². The standard InChI is InChI=1S/C15H21NOS/c1-2-15(9-3-4-10-15)11-16-14(17)12-5-7-13(18)8-6-12/h5-8,18H,2-4,9-11H2,1H3,(H,16,17). The van der Waals surface area contributed by atoms with E-state index in [9.17, 15) is 4.79 Å². The monoisotopic (exact) mass is 263 g/mol. The number of nitrogens with one attached hydrogen (secondary N) is 1. The van der Waals surface area contributed by atoms with E-state index in [0.717, 1.165) is 23.4 Å². The molecule has 0 radical (unpaired) electrons. The summed E-state index contributed by atoms with van der Waals surface area (Å²) in [4.78, 5) is 12.9. The van der Waals surface area contributed by atoms with Gasteiger partial charge in [-0.15, -0.1) is 12.6 Å². The molecule has 1 aromatic carbocycles. The van der Waals surface area contributed by atoms with Gasteiger partial charge in [-0.3, -0.25) is 4.79 Å². The Morgan fingerprint density at radius 1 is 1.28 bits per heavy atom. The third-order valence-electron chi connectivity index (χ3n) is 4.17. The number of benzene rings is 1. The SMILES string of the molecule is CCC1(CNC(=O)c2ccc(S)cc2)CCCC1. The Hall–Kier alpha value is -0.960. The predicted molar refractivity (Wildman–Crippen MR) is 77.2 cm³/mol. The van der Waals surface area contributed by atoms with Gasteiger partial charge in [-0.1, -0.05) is 19.8 Å². The van der Waals surface area contributed by atoms with Crippen LogP contribution in [-0.4, -0.2) is 12.5 Å². The van der Waals surface area contributed by atoms with Crippen molar-refractivity contribution in [1.82, 2.24) is 5.32 Å². The van der Waals surface area contributed by atoms with Gasteiger partial charge >= 0.3 is 0 Å². The largest absolute Gasteiger partial charge is 0.351 e. The summed E-state index contributed by atoms with van der Waals surface area (Å²) in [5.74, 6) is 0.0306. The predicted octanol–water partition coefficient (Wildman–Crippen LogP) is 3.68. The Morgan fingerprint density at radius 2 is 1.89 bits per heavy atom. The second kappa shape index (κ2) is 5.79. The third-order valence-corrected chi connectivity index (χ3v) is 4.47. The van der Waals surface area contributed by atoms with Gasteiger partial charge in [0.1, 0.15) is 0 Å². The van der Waals surface area contributed by atoms with Gasteiger partial charge in [-0.05, 0) is 48.9 Å². The number of amides is 1. The van der Waals surface area contributed by atoms with Gasteiger partial charge in [0.25, 0.3) is 5.91 Å². The Kier molecular flexibility index (Phi) is 4.33. The lowest BCUT2D eigenvalue weighted by atomic mass is 9.83. The molecule has 98 valence electrons. The van der Waals surface area contributed by atoms with Crippen molar-refractivity contribution < 1.29 is 4.79 Å². The van der Waals surface area contributed by atoms with Crippen molar-refractivity contribution in [2.75, 3.05) is 6.54 Å². The van der Waals surface area contributed by atoms with Crippen LogP contribution in [0.15, 0.2) is 29.2 Å². The van der Waals surface area contributed by atoms with Gasteiger partial charge in [0.05, 0.1) is 0 Å². The fourth-order valence-corrected chi connectivity index (χ4v) is 2.91. The maximum absolute atomic E-state index is 12.0. The molecule has 0 atom stereocenters. The van der Waals surface area contributed by atoms with Crippen molar-refractivity contribution >= 4 is 18.5 Å². The van der Waals surface area contributed by atoms with Crippen LogP contribution < -0.4 is 5.32 Å². The quantitative estimate of drug-likeness (QED) is 0.797. The van der Waals surface area contributed by atoms with E-state index in [0.29, 0.717) is 5.41 Å². The molecular weight excluding hydrogens is 242 g/mol. The molecule has 0 aromatic heterocycles. The minimum absolute atomic E-state index is 0.0306. The summed E-state index contributed by atoms with van der Waals surface area (Å²) in [6.07, 6.45) is 6.26. The lowest BCUT2D eigenvalue weighted by Crippen LogP contribution is -2.35. The van der Waals surface area contributed by atoms with Crippen molar-refractivity contribution in [3.8, 4) is 0 Å². The second-order valence-electron chi connectivity index (χ2n) is 5.29. The molecule has 1 N–H and O–H groups in total. The van der Waals surface area contributed by atoms with Gasteiger partial charge < -0.3 is 5.32 Å². The Bertz CT molecular complexity index is 407. The molecule has 0 unspecified atom stereocenters. The highest BCUT2D eigenvalue weighted by Crippen LogP contribution is 2.40. The minimum Gasteiger partial charge on any atom is -0.351 e. The van der Waals surface area contributed by atoms with Crippen LogP contribution in [0.3, 0.4) is 0 Å². The van der Waals surface area contributed by atoms with Crippen LogP contribution in [0, 0.1) is 5.41 Å². The normalized spacial score (nSPS) is 17.7. The summed E-state index contributed by atoms with van der Waals surface area (Å²) in [5.41, 5.74) is 1.07. The smallest absolute Gasteiger partial charge is 0.251 e. The zero-order valence-corrected chi connectivity index (χ0v) is 11.8. The van der Waals surface area contributed by atoms with Crippen molar-refractivity contribution in [3.05, 3.63) is 29.8 Å². The van der Waals surface area contributed by atoms with Crippen molar-refractivity contribution in [1.29, 1.82) is 0 Å². The van der Waals surface area contributed by atoms with E-state index >= 15 is 0 Å². The summed E-state index contributed by atoms with van der Waals surface area (Å²) < 4.78 is 0. The third kappa shape index (κ3) is 3.08. The number of hydrogen-bond donors (Lipinski definition) is 2. The van der Waals surface area contributed by atoms with Crippen LogP contribution >= 0.6 is 12.6 Å². The first-order valence-corrected chi connectivity index (χ1v) is 7.17. The first kappa shape index (κ1) is 13.5. The average Bonchev–Trinajstić information content (AvgIpc) is 2.86. The Morgan fingerprint density at radius 3 is 2.44 bits per heavy atom. The molecule has 1 amide bonds. The first-order chi connectivity index (χ1) is 8.65. The molecule has 1 aliphatic rings. The molecule has 0 bridgehead atoms. The molecule has 1 aliphatic carbocycles. The molecule has 3 heteroatoms. The lowest BCUT2D eigenvalue weighted by Gasteiger charge is -2.27. The number of thiol groups is 1. The first-order valence-electron chi connectivity index (χ1n) is 6.72. The Balaban J connectivity index is 1.93. The summed E-state index contributed by atoms with van der Waals surface area (Å²) >= 11 is 4.22. The van der Waals surface area contributed by atoms with Crippen LogP contribution in [0.4, 0.5) is 0 Å². The van der Waals surface area contributed by atoms with Crippen LogP contribution in [0.2, 0.25) is 0 Å². The topological polar surface area (TPSA) is 29.1 Å².